The number of hydrogen-bond acceptors (Lipinski definition) is 4. The highest BCUT2D eigenvalue weighted by molar-refractivity contribution is 6.03. The Bertz CT molecular complexity index is 708. The summed E-state index contributed by atoms with van der Waals surface area (Å²) in [6.45, 7) is 0.0562. The van der Waals surface area contributed by atoms with Crippen molar-refractivity contribution in [2.45, 2.75) is 25.3 Å². The van der Waals surface area contributed by atoms with Gasteiger partial charge in [0.1, 0.15) is 0 Å². The number of aliphatic hydroxyl groups excluding tert-OH is 1. The number of carbonyl (C=O) groups is 2. The molecule has 1 aliphatic carbocycles. The average molecular weight is 328 g/mol. The number of benzene rings is 1. The molecule has 0 bridgehead atoms. The van der Waals surface area contributed by atoms with Gasteiger partial charge in [0.15, 0.2) is 5.76 Å². The lowest BCUT2D eigenvalue weighted by molar-refractivity contribution is 0.0923. The van der Waals surface area contributed by atoms with Crippen LogP contribution in [0.3, 0.4) is 0 Å². The van der Waals surface area contributed by atoms with Crippen LogP contribution in [-0.2, 0) is 0 Å². The minimum atomic E-state index is -0.367. The third-order valence-corrected chi connectivity index (χ3v) is 4.08. The molecule has 1 fully saturated rings. The van der Waals surface area contributed by atoms with Crippen molar-refractivity contribution in [2.75, 3.05) is 11.9 Å². The molecule has 24 heavy (non-hydrogen) atoms. The Morgan fingerprint density at radius 2 is 2.04 bits per heavy atom. The molecular weight excluding hydrogens is 308 g/mol. The Morgan fingerprint density at radius 3 is 2.71 bits per heavy atom. The second-order valence-electron chi connectivity index (χ2n) is 5.94. The molecule has 1 heterocycles. The summed E-state index contributed by atoms with van der Waals surface area (Å²) >= 11 is 0. The Kier molecular flexibility index (Phi) is 4.96. The van der Waals surface area contributed by atoms with Crippen LogP contribution in [-0.4, -0.2) is 29.6 Å². The summed E-state index contributed by atoms with van der Waals surface area (Å²) in [4.78, 5) is 24.4. The molecule has 126 valence electrons. The highest BCUT2D eigenvalue weighted by Crippen LogP contribution is 2.34. The molecule has 1 aromatic heterocycles. The zero-order valence-electron chi connectivity index (χ0n) is 13.2. The lowest BCUT2D eigenvalue weighted by Crippen LogP contribution is -2.37. The standard InChI is InChI=1S/C18H20N2O4/c21-9-8-15(12-6-7-12)20-17(22)13-3-1-4-14(11-13)19-18(23)16-5-2-10-24-16/h1-5,10-12,15,21H,6-9H2,(H,19,23)(H,20,22). The van der Waals surface area contributed by atoms with Gasteiger partial charge in [-0.1, -0.05) is 6.07 Å². The molecule has 2 aromatic rings. The largest absolute Gasteiger partial charge is 0.459 e. The third-order valence-electron chi connectivity index (χ3n) is 4.08. The Morgan fingerprint density at radius 1 is 1.21 bits per heavy atom. The normalized spacial score (nSPS) is 14.9. The first-order valence-corrected chi connectivity index (χ1v) is 8.04. The highest BCUT2D eigenvalue weighted by Gasteiger charge is 2.31. The minimum absolute atomic E-state index is 0.00358. The molecule has 2 amide bonds. The molecule has 6 nitrogen and oxygen atoms in total. The number of nitrogens with one attached hydrogen (secondary N) is 2. The van der Waals surface area contributed by atoms with Gasteiger partial charge < -0.3 is 20.2 Å². The first kappa shape index (κ1) is 16.3. The van der Waals surface area contributed by atoms with Gasteiger partial charge in [0.05, 0.1) is 6.26 Å². The number of aliphatic hydroxyl groups is 1. The summed E-state index contributed by atoms with van der Waals surface area (Å²) in [7, 11) is 0. The van der Waals surface area contributed by atoms with Crippen molar-refractivity contribution in [3.05, 3.63) is 54.0 Å². The van der Waals surface area contributed by atoms with Crippen molar-refractivity contribution >= 4 is 17.5 Å². The number of rotatable bonds is 7. The van der Waals surface area contributed by atoms with Crippen LogP contribution in [0.4, 0.5) is 5.69 Å². The molecule has 1 atom stereocenters. The summed E-state index contributed by atoms with van der Waals surface area (Å²) in [5, 5.41) is 14.8. The van der Waals surface area contributed by atoms with Gasteiger partial charge in [-0.3, -0.25) is 9.59 Å². The fourth-order valence-corrected chi connectivity index (χ4v) is 2.65. The van der Waals surface area contributed by atoms with Crippen molar-refractivity contribution in [1.82, 2.24) is 5.32 Å². The molecule has 6 heteroatoms. The zero-order valence-corrected chi connectivity index (χ0v) is 13.2. The maximum atomic E-state index is 12.4. The summed E-state index contributed by atoms with van der Waals surface area (Å²) in [5.74, 6) is 0.104. The van der Waals surface area contributed by atoms with Crippen molar-refractivity contribution in [1.29, 1.82) is 0 Å². The first-order chi connectivity index (χ1) is 11.7. The van der Waals surface area contributed by atoms with E-state index in [-0.39, 0.29) is 30.2 Å². The van der Waals surface area contributed by atoms with E-state index in [1.54, 1.807) is 36.4 Å². The van der Waals surface area contributed by atoms with Crippen LogP contribution in [0.1, 0.15) is 40.2 Å². The topological polar surface area (TPSA) is 91.6 Å². The number of furan rings is 1. The van der Waals surface area contributed by atoms with E-state index in [0.717, 1.165) is 12.8 Å². The average Bonchev–Trinajstić information content (AvgIpc) is 3.28. The molecule has 0 spiro atoms. The quantitative estimate of drug-likeness (QED) is 0.728. The van der Waals surface area contributed by atoms with E-state index >= 15 is 0 Å². The molecule has 1 saturated carbocycles. The number of carbonyl (C=O) groups excluding carboxylic acids is 2. The second-order valence-corrected chi connectivity index (χ2v) is 5.94. The van der Waals surface area contributed by atoms with E-state index in [9.17, 15) is 9.59 Å². The van der Waals surface area contributed by atoms with Gasteiger partial charge in [-0.15, -0.1) is 0 Å². The Labute approximate surface area is 139 Å². The van der Waals surface area contributed by atoms with Crippen LogP contribution in [0.5, 0.6) is 0 Å². The summed E-state index contributed by atoms with van der Waals surface area (Å²) in [6, 6.07) is 9.96. The summed E-state index contributed by atoms with van der Waals surface area (Å²) < 4.78 is 5.04. The van der Waals surface area contributed by atoms with E-state index in [0.29, 0.717) is 23.6 Å². The molecule has 0 saturated heterocycles. The third kappa shape index (κ3) is 4.02. The number of hydrogen-bond donors (Lipinski definition) is 3. The summed E-state index contributed by atoms with van der Waals surface area (Å²) in [5.41, 5.74) is 0.991. The molecule has 0 radical (unpaired) electrons. The monoisotopic (exact) mass is 328 g/mol. The van der Waals surface area contributed by atoms with Crippen LogP contribution in [0.25, 0.3) is 0 Å². The van der Waals surface area contributed by atoms with Crippen LogP contribution >= 0.6 is 0 Å². The highest BCUT2D eigenvalue weighted by atomic mass is 16.3. The maximum Gasteiger partial charge on any atom is 0.291 e. The fraction of sp³-hybridized carbons (Fsp3) is 0.333. The molecule has 3 N–H and O–H groups in total. The minimum Gasteiger partial charge on any atom is -0.459 e. The fourth-order valence-electron chi connectivity index (χ4n) is 2.65. The summed E-state index contributed by atoms with van der Waals surface area (Å²) in [6.07, 6.45) is 4.16. The maximum absolute atomic E-state index is 12.4. The van der Waals surface area contributed by atoms with E-state index in [4.69, 9.17) is 9.52 Å². The van der Waals surface area contributed by atoms with Crippen molar-refractivity contribution in [3.8, 4) is 0 Å². The molecule has 1 aliphatic rings. The van der Waals surface area contributed by atoms with E-state index in [1.807, 2.05) is 0 Å². The van der Waals surface area contributed by atoms with E-state index < -0.39 is 0 Å². The van der Waals surface area contributed by atoms with Crippen molar-refractivity contribution < 1.29 is 19.1 Å². The van der Waals surface area contributed by atoms with Crippen LogP contribution in [0.15, 0.2) is 47.1 Å². The second kappa shape index (κ2) is 7.31. The van der Waals surface area contributed by atoms with Gasteiger partial charge in [0, 0.05) is 23.9 Å². The van der Waals surface area contributed by atoms with Crippen LogP contribution in [0.2, 0.25) is 0 Å². The lowest BCUT2D eigenvalue weighted by Gasteiger charge is -2.17. The van der Waals surface area contributed by atoms with Gasteiger partial charge in [-0.05, 0) is 55.5 Å². The molecule has 1 unspecified atom stereocenters. The van der Waals surface area contributed by atoms with Gasteiger partial charge in [0.25, 0.3) is 11.8 Å². The van der Waals surface area contributed by atoms with Crippen molar-refractivity contribution in [3.63, 3.8) is 0 Å². The molecule has 3 rings (SSSR count). The van der Waals surface area contributed by atoms with Gasteiger partial charge in [0.2, 0.25) is 0 Å². The van der Waals surface area contributed by atoms with E-state index in [1.165, 1.54) is 6.26 Å². The number of anilines is 1. The molecule has 0 aliphatic heterocycles. The molecular formula is C18H20N2O4. The van der Waals surface area contributed by atoms with Gasteiger partial charge in [-0.25, -0.2) is 0 Å². The smallest absolute Gasteiger partial charge is 0.291 e. The number of amides is 2. The van der Waals surface area contributed by atoms with Crippen LogP contribution < -0.4 is 10.6 Å². The van der Waals surface area contributed by atoms with Gasteiger partial charge in [-0.2, -0.15) is 0 Å². The predicted molar refractivity (Wildman–Crippen MR) is 88.8 cm³/mol. The Hall–Kier alpha value is -2.60. The van der Waals surface area contributed by atoms with E-state index in [2.05, 4.69) is 10.6 Å². The Balaban J connectivity index is 1.65. The molecule has 1 aromatic carbocycles. The lowest BCUT2D eigenvalue weighted by atomic mass is 10.1. The van der Waals surface area contributed by atoms with Crippen LogP contribution in [0, 0.1) is 5.92 Å². The predicted octanol–water partition coefficient (Wildman–Crippen LogP) is 2.42. The SMILES string of the molecule is O=C(NC(CCO)C1CC1)c1cccc(NC(=O)c2ccco2)c1. The first-order valence-electron chi connectivity index (χ1n) is 8.04. The van der Waals surface area contributed by atoms with Gasteiger partial charge >= 0.3 is 0 Å². The zero-order chi connectivity index (χ0) is 16.9. The van der Waals surface area contributed by atoms with Crippen molar-refractivity contribution in [2.24, 2.45) is 5.92 Å².